The van der Waals surface area contributed by atoms with Gasteiger partial charge < -0.3 is 4.90 Å². The first kappa shape index (κ1) is 14.1. The number of benzene rings is 1. The van der Waals surface area contributed by atoms with E-state index >= 15 is 0 Å². The van der Waals surface area contributed by atoms with Crippen LogP contribution < -0.4 is 0 Å². The smallest absolute Gasteiger partial charge is 0.159 e. The molecule has 0 bridgehead atoms. The van der Waals surface area contributed by atoms with Crippen molar-refractivity contribution in [2.24, 2.45) is 0 Å². The largest absolute Gasteiger partial charge is 0.306 e. The van der Waals surface area contributed by atoms with Crippen molar-refractivity contribution in [1.82, 2.24) is 14.9 Å². The van der Waals surface area contributed by atoms with Crippen molar-refractivity contribution in [2.45, 2.75) is 18.8 Å². The molecule has 21 heavy (non-hydrogen) atoms. The summed E-state index contributed by atoms with van der Waals surface area (Å²) < 4.78 is 26.2. The average molecular weight is 289 g/mol. The first-order valence-corrected chi connectivity index (χ1v) is 7.09. The molecule has 0 N–H and O–H groups in total. The van der Waals surface area contributed by atoms with Crippen LogP contribution in [0.1, 0.15) is 24.5 Å². The molecule has 2 aromatic rings. The Kier molecular flexibility index (Phi) is 3.92. The summed E-state index contributed by atoms with van der Waals surface area (Å²) in [6, 6.07) is 3.76. The molecule has 1 aliphatic rings. The van der Waals surface area contributed by atoms with Gasteiger partial charge in [0.25, 0.3) is 0 Å². The second-order valence-corrected chi connectivity index (χ2v) is 5.56. The summed E-state index contributed by atoms with van der Waals surface area (Å²) in [6.07, 6.45) is 5.66. The summed E-state index contributed by atoms with van der Waals surface area (Å²) >= 11 is 0. The zero-order chi connectivity index (χ0) is 14.8. The first-order chi connectivity index (χ1) is 10.1. The summed E-state index contributed by atoms with van der Waals surface area (Å²) in [4.78, 5) is 11.1. The summed E-state index contributed by atoms with van der Waals surface area (Å²) in [7, 11) is 2.11. The van der Waals surface area contributed by atoms with Gasteiger partial charge in [0.1, 0.15) is 0 Å². The highest BCUT2D eigenvalue weighted by molar-refractivity contribution is 5.57. The number of hydrogen-bond acceptors (Lipinski definition) is 3. The Hall–Kier alpha value is -1.88. The number of hydrogen-bond donors (Lipinski definition) is 0. The second-order valence-electron chi connectivity index (χ2n) is 5.56. The fourth-order valence-corrected chi connectivity index (χ4v) is 2.76. The van der Waals surface area contributed by atoms with E-state index < -0.39 is 11.6 Å². The van der Waals surface area contributed by atoms with E-state index in [2.05, 4.69) is 21.9 Å². The minimum Gasteiger partial charge on any atom is -0.306 e. The van der Waals surface area contributed by atoms with E-state index in [4.69, 9.17) is 0 Å². The highest BCUT2D eigenvalue weighted by Gasteiger charge is 2.20. The molecular weight excluding hydrogens is 272 g/mol. The number of halogens is 2. The normalized spacial score (nSPS) is 19.7. The summed E-state index contributed by atoms with van der Waals surface area (Å²) in [5.41, 5.74) is 2.06. The molecule has 0 spiro atoms. The summed E-state index contributed by atoms with van der Waals surface area (Å²) in [5.74, 6) is -1.32. The molecule has 3 nitrogen and oxygen atoms in total. The molecular formula is C16H17F2N3. The molecule has 1 saturated heterocycles. The van der Waals surface area contributed by atoms with Crippen LogP contribution in [-0.2, 0) is 0 Å². The van der Waals surface area contributed by atoms with Gasteiger partial charge in [-0.1, -0.05) is 0 Å². The highest BCUT2D eigenvalue weighted by atomic mass is 19.2. The van der Waals surface area contributed by atoms with Crippen molar-refractivity contribution >= 4 is 0 Å². The quantitative estimate of drug-likeness (QED) is 0.850. The number of piperidine rings is 1. The molecule has 1 aromatic heterocycles. The Labute approximate surface area is 122 Å². The minimum atomic E-state index is -0.868. The van der Waals surface area contributed by atoms with Crippen molar-refractivity contribution < 1.29 is 8.78 Å². The monoisotopic (exact) mass is 289 g/mol. The van der Waals surface area contributed by atoms with Crippen LogP contribution in [0, 0.1) is 11.6 Å². The van der Waals surface area contributed by atoms with Crippen molar-refractivity contribution in [3.63, 3.8) is 0 Å². The van der Waals surface area contributed by atoms with Gasteiger partial charge in [0.15, 0.2) is 11.6 Å². The second kappa shape index (κ2) is 5.85. The lowest BCUT2D eigenvalue weighted by molar-refractivity contribution is 0.248. The molecule has 1 aromatic carbocycles. The van der Waals surface area contributed by atoms with Crippen LogP contribution in [0.3, 0.4) is 0 Å². The van der Waals surface area contributed by atoms with Gasteiger partial charge in [-0.3, -0.25) is 9.97 Å². The van der Waals surface area contributed by atoms with Gasteiger partial charge in [0, 0.05) is 24.2 Å². The minimum absolute atomic E-state index is 0.398. The Balaban J connectivity index is 1.81. The van der Waals surface area contributed by atoms with Gasteiger partial charge >= 0.3 is 0 Å². The average Bonchev–Trinajstić information content (AvgIpc) is 2.50. The lowest BCUT2D eigenvalue weighted by Crippen LogP contribution is -2.31. The molecule has 0 amide bonds. The Morgan fingerprint density at radius 1 is 1.14 bits per heavy atom. The fraction of sp³-hybridized carbons (Fsp3) is 0.375. The van der Waals surface area contributed by atoms with Crippen molar-refractivity contribution in [3.05, 3.63) is 47.9 Å². The van der Waals surface area contributed by atoms with Gasteiger partial charge in [-0.05, 0) is 44.6 Å². The zero-order valence-corrected chi connectivity index (χ0v) is 11.9. The molecule has 1 aliphatic heterocycles. The van der Waals surface area contributed by atoms with Gasteiger partial charge in [0.05, 0.1) is 17.6 Å². The number of likely N-dealkylation sites (tertiary alicyclic amines) is 1. The molecule has 2 heterocycles. The van der Waals surface area contributed by atoms with Crippen LogP contribution in [0.4, 0.5) is 8.78 Å². The van der Waals surface area contributed by atoms with Gasteiger partial charge in [-0.2, -0.15) is 0 Å². The molecule has 1 fully saturated rings. The van der Waals surface area contributed by atoms with Crippen molar-refractivity contribution in [1.29, 1.82) is 0 Å². The van der Waals surface area contributed by atoms with Gasteiger partial charge in [0.2, 0.25) is 0 Å². The molecule has 3 rings (SSSR count). The summed E-state index contributed by atoms with van der Waals surface area (Å²) in [5, 5.41) is 0. The molecule has 0 unspecified atom stereocenters. The van der Waals surface area contributed by atoms with Gasteiger partial charge in [-0.15, -0.1) is 0 Å². The topological polar surface area (TPSA) is 29.0 Å². The van der Waals surface area contributed by atoms with Crippen molar-refractivity contribution in [2.75, 3.05) is 20.1 Å². The molecule has 0 radical (unpaired) electrons. The number of rotatable bonds is 2. The predicted molar refractivity (Wildman–Crippen MR) is 76.9 cm³/mol. The Morgan fingerprint density at radius 3 is 2.67 bits per heavy atom. The number of aromatic nitrogens is 2. The maximum atomic E-state index is 13.2. The van der Waals surface area contributed by atoms with E-state index in [1.54, 1.807) is 12.4 Å². The Bertz CT molecular complexity index is 628. The fourth-order valence-electron chi connectivity index (χ4n) is 2.76. The summed E-state index contributed by atoms with van der Waals surface area (Å²) in [6.45, 7) is 2.11. The zero-order valence-electron chi connectivity index (χ0n) is 11.9. The lowest BCUT2D eigenvalue weighted by Gasteiger charge is -2.29. The predicted octanol–water partition coefficient (Wildman–Crippen LogP) is 3.23. The van der Waals surface area contributed by atoms with E-state index in [-0.39, 0.29) is 0 Å². The van der Waals surface area contributed by atoms with E-state index in [0.29, 0.717) is 17.2 Å². The van der Waals surface area contributed by atoms with E-state index in [0.717, 1.165) is 43.8 Å². The van der Waals surface area contributed by atoms with Crippen LogP contribution in [0.25, 0.3) is 11.3 Å². The molecule has 5 heteroatoms. The van der Waals surface area contributed by atoms with Crippen LogP contribution in [-0.4, -0.2) is 35.0 Å². The maximum Gasteiger partial charge on any atom is 0.159 e. The standard InChI is InChI=1S/C16H17F2N3/c1-21-6-2-3-12(10-21)16-9-19-15(8-20-16)11-4-5-13(17)14(18)7-11/h4-5,7-9,12H,2-3,6,10H2,1H3/t12-/m0/s1. The highest BCUT2D eigenvalue weighted by Crippen LogP contribution is 2.25. The van der Waals surface area contributed by atoms with Crippen LogP contribution >= 0.6 is 0 Å². The lowest BCUT2D eigenvalue weighted by atomic mass is 9.95. The molecule has 1 atom stereocenters. The van der Waals surface area contributed by atoms with Crippen LogP contribution in [0.2, 0.25) is 0 Å². The maximum absolute atomic E-state index is 13.2. The van der Waals surface area contributed by atoms with Crippen molar-refractivity contribution in [3.8, 4) is 11.3 Å². The van der Waals surface area contributed by atoms with E-state index in [1.807, 2.05) is 0 Å². The SMILES string of the molecule is CN1CCC[C@H](c2cnc(-c3ccc(F)c(F)c3)cn2)C1. The third kappa shape index (κ3) is 3.08. The van der Waals surface area contributed by atoms with Crippen LogP contribution in [0.15, 0.2) is 30.6 Å². The molecule has 110 valence electrons. The molecule has 0 saturated carbocycles. The van der Waals surface area contributed by atoms with E-state index in [1.165, 1.54) is 6.07 Å². The Morgan fingerprint density at radius 2 is 2.00 bits per heavy atom. The number of likely N-dealkylation sites (N-methyl/N-ethyl adjacent to an activating group) is 1. The van der Waals surface area contributed by atoms with Gasteiger partial charge in [-0.25, -0.2) is 8.78 Å². The first-order valence-electron chi connectivity index (χ1n) is 7.09. The molecule has 0 aliphatic carbocycles. The van der Waals surface area contributed by atoms with Crippen LogP contribution in [0.5, 0.6) is 0 Å². The third-order valence-electron chi connectivity index (χ3n) is 3.93. The van der Waals surface area contributed by atoms with E-state index in [9.17, 15) is 8.78 Å². The number of nitrogens with zero attached hydrogens (tertiary/aromatic N) is 3. The third-order valence-corrected chi connectivity index (χ3v) is 3.93.